The van der Waals surface area contributed by atoms with Crippen LogP contribution in [0.1, 0.15) is 21.7 Å². The smallest absolute Gasteiger partial charge is 0.122 e. The van der Waals surface area contributed by atoms with Crippen LogP contribution < -0.4 is 10.5 Å². The summed E-state index contributed by atoms with van der Waals surface area (Å²) in [5.74, 6) is 0.942. The fraction of sp³-hybridized carbons (Fsp3) is 0.357. The summed E-state index contributed by atoms with van der Waals surface area (Å²) in [6.07, 6.45) is 1.91. The van der Waals surface area contributed by atoms with Gasteiger partial charge in [-0.05, 0) is 49.1 Å². The molecule has 2 rings (SSSR count). The van der Waals surface area contributed by atoms with Crippen LogP contribution in [0.2, 0.25) is 0 Å². The average Bonchev–Trinajstić information content (AvgIpc) is 2.82. The number of thiazole rings is 1. The lowest BCUT2D eigenvalue weighted by Crippen LogP contribution is -1.95. The minimum Gasteiger partial charge on any atom is -0.496 e. The molecule has 0 bridgehead atoms. The summed E-state index contributed by atoms with van der Waals surface area (Å²) in [6.45, 7) is 6.81. The first kappa shape index (κ1) is 13.1. The van der Waals surface area contributed by atoms with Crippen molar-refractivity contribution in [1.82, 2.24) is 4.98 Å². The Morgan fingerprint density at radius 3 is 2.56 bits per heavy atom. The molecule has 1 aromatic heterocycles. The number of aromatic nitrogens is 1. The summed E-state index contributed by atoms with van der Waals surface area (Å²) < 4.78 is 5.39. The second-order valence-corrected chi connectivity index (χ2v) is 5.46. The molecule has 0 unspecified atom stereocenters. The van der Waals surface area contributed by atoms with Gasteiger partial charge in [0.15, 0.2) is 0 Å². The highest BCUT2D eigenvalue weighted by molar-refractivity contribution is 7.15. The summed E-state index contributed by atoms with van der Waals surface area (Å²) in [4.78, 5) is 5.50. The molecule has 2 aromatic rings. The number of nitrogens with two attached hydrogens (primary N) is 1. The molecule has 1 aromatic carbocycles. The predicted octanol–water partition coefficient (Wildman–Crippen LogP) is 3.20. The largest absolute Gasteiger partial charge is 0.496 e. The van der Waals surface area contributed by atoms with Gasteiger partial charge < -0.3 is 10.5 Å². The Balaban J connectivity index is 2.60. The van der Waals surface area contributed by atoms with Crippen molar-refractivity contribution in [2.24, 2.45) is 5.73 Å². The van der Waals surface area contributed by atoms with Gasteiger partial charge in [-0.2, -0.15) is 0 Å². The summed E-state index contributed by atoms with van der Waals surface area (Å²) in [5.41, 5.74) is 10.5. The molecule has 1 heterocycles. The maximum Gasteiger partial charge on any atom is 0.122 e. The molecule has 0 saturated carbocycles. The van der Waals surface area contributed by atoms with Crippen molar-refractivity contribution in [1.29, 1.82) is 0 Å². The molecule has 2 N–H and O–H groups in total. The maximum atomic E-state index is 5.62. The standard InChI is InChI=1S/C14H18N2OS/c1-8-5-11(17-4)9(2)10(3)14(8)12-7-16-13(6-15)18-12/h5,7H,6,15H2,1-4H3. The van der Waals surface area contributed by atoms with E-state index in [2.05, 4.69) is 31.8 Å². The van der Waals surface area contributed by atoms with Crippen LogP contribution in [0.15, 0.2) is 12.3 Å². The molecule has 0 aliphatic rings. The molecular weight excluding hydrogens is 244 g/mol. The highest BCUT2D eigenvalue weighted by Gasteiger charge is 2.14. The number of hydrogen-bond donors (Lipinski definition) is 1. The third-order valence-electron chi connectivity index (χ3n) is 3.24. The summed E-state index contributed by atoms with van der Waals surface area (Å²) in [7, 11) is 1.71. The molecule has 96 valence electrons. The van der Waals surface area contributed by atoms with Crippen LogP contribution in [0, 0.1) is 20.8 Å². The van der Waals surface area contributed by atoms with Crippen molar-refractivity contribution >= 4 is 11.3 Å². The molecule has 0 saturated heterocycles. The van der Waals surface area contributed by atoms with E-state index in [9.17, 15) is 0 Å². The number of methoxy groups -OCH3 is 1. The minimum atomic E-state index is 0.498. The number of benzene rings is 1. The van der Waals surface area contributed by atoms with E-state index < -0.39 is 0 Å². The lowest BCUT2D eigenvalue weighted by atomic mass is 9.96. The van der Waals surface area contributed by atoms with Crippen molar-refractivity contribution in [2.75, 3.05) is 7.11 Å². The van der Waals surface area contributed by atoms with Crippen LogP contribution in [0.3, 0.4) is 0 Å². The van der Waals surface area contributed by atoms with Gasteiger partial charge in [0, 0.05) is 12.7 Å². The monoisotopic (exact) mass is 262 g/mol. The van der Waals surface area contributed by atoms with Crippen LogP contribution in [0.25, 0.3) is 10.4 Å². The van der Waals surface area contributed by atoms with Gasteiger partial charge >= 0.3 is 0 Å². The van der Waals surface area contributed by atoms with Gasteiger partial charge in [-0.15, -0.1) is 11.3 Å². The Hall–Kier alpha value is -1.39. The summed E-state index contributed by atoms with van der Waals surface area (Å²) in [6, 6.07) is 2.08. The van der Waals surface area contributed by atoms with Gasteiger partial charge in [0.05, 0.1) is 12.0 Å². The maximum absolute atomic E-state index is 5.62. The molecule has 0 aliphatic carbocycles. The molecule has 3 nitrogen and oxygen atoms in total. The lowest BCUT2D eigenvalue weighted by molar-refractivity contribution is 0.411. The molecule has 0 radical (unpaired) electrons. The van der Waals surface area contributed by atoms with Crippen LogP contribution >= 0.6 is 11.3 Å². The molecule has 0 atom stereocenters. The number of nitrogens with zero attached hydrogens (tertiary/aromatic N) is 1. The second kappa shape index (κ2) is 5.08. The van der Waals surface area contributed by atoms with Crippen molar-refractivity contribution in [2.45, 2.75) is 27.3 Å². The first-order chi connectivity index (χ1) is 8.58. The SMILES string of the molecule is COc1cc(C)c(-c2cnc(CN)s2)c(C)c1C. The van der Waals surface area contributed by atoms with Gasteiger partial charge in [0.1, 0.15) is 10.8 Å². The van der Waals surface area contributed by atoms with Crippen LogP contribution in [0.4, 0.5) is 0 Å². The number of hydrogen-bond acceptors (Lipinski definition) is 4. The zero-order valence-electron chi connectivity index (χ0n) is 11.2. The first-order valence-corrected chi connectivity index (χ1v) is 6.70. The Labute approximate surface area is 112 Å². The number of aryl methyl sites for hydroxylation is 1. The molecule has 4 heteroatoms. The first-order valence-electron chi connectivity index (χ1n) is 5.88. The Bertz CT molecular complexity index is 575. The Morgan fingerprint density at radius 1 is 1.28 bits per heavy atom. The molecule has 0 fully saturated rings. The number of rotatable bonds is 3. The zero-order chi connectivity index (χ0) is 13.3. The molecule has 0 amide bonds. The van der Waals surface area contributed by atoms with E-state index in [1.165, 1.54) is 27.1 Å². The summed E-state index contributed by atoms with van der Waals surface area (Å²) >= 11 is 1.66. The average molecular weight is 262 g/mol. The third kappa shape index (κ3) is 2.13. The van der Waals surface area contributed by atoms with Crippen LogP contribution in [-0.4, -0.2) is 12.1 Å². The van der Waals surface area contributed by atoms with Crippen molar-refractivity contribution in [3.63, 3.8) is 0 Å². The van der Waals surface area contributed by atoms with E-state index in [1.54, 1.807) is 18.4 Å². The van der Waals surface area contributed by atoms with Crippen molar-refractivity contribution < 1.29 is 4.74 Å². The van der Waals surface area contributed by atoms with E-state index in [0.29, 0.717) is 6.54 Å². The highest BCUT2D eigenvalue weighted by Crippen LogP contribution is 2.36. The third-order valence-corrected chi connectivity index (χ3v) is 4.28. The highest BCUT2D eigenvalue weighted by atomic mass is 32.1. The van der Waals surface area contributed by atoms with E-state index in [0.717, 1.165) is 10.8 Å². The molecule has 0 aliphatic heterocycles. The van der Waals surface area contributed by atoms with Crippen LogP contribution in [0.5, 0.6) is 5.75 Å². The fourth-order valence-electron chi connectivity index (χ4n) is 2.16. The van der Waals surface area contributed by atoms with Gasteiger partial charge in [0.2, 0.25) is 0 Å². The van der Waals surface area contributed by atoms with Gasteiger partial charge in [0.25, 0.3) is 0 Å². The van der Waals surface area contributed by atoms with Crippen LogP contribution in [-0.2, 0) is 6.54 Å². The summed E-state index contributed by atoms with van der Waals surface area (Å²) in [5, 5.41) is 0.970. The van der Waals surface area contributed by atoms with E-state index in [1.807, 2.05) is 6.20 Å². The number of ether oxygens (including phenoxy) is 1. The van der Waals surface area contributed by atoms with Crippen molar-refractivity contribution in [3.05, 3.63) is 34.0 Å². The topological polar surface area (TPSA) is 48.1 Å². The molecule has 18 heavy (non-hydrogen) atoms. The van der Waals surface area contributed by atoms with Gasteiger partial charge in [-0.25, -0.2) is 4.98 Å². The fourth-order valence-corrected chi connectivity index (χ4v) is 3.12. The normalized spacial score (nSPS) is 10.7. The lowest BCUT2D eigenvalue weighted by Gasteiger charge is -2.14. The molecular formula is C14H18N2OS. The zero-order valence-corrected chi connectivity index (χ0v) is 12.0. The second-order valence-electron chi connectivity index (χ2n) is 4.34. The minimum absolute atomic E-state index is 0.498. The van der Waals surface area contributed by atoms with Gasteiger partial charge in [-0.1, -0.05) is 0 Å². The van der Waals surface area contributed by atoms with Gasteiger partial charge in [-0.3, -0.25) is 0 Å². The molecule has 0 spiro atoms. The quantitative estimate of drug-likeness (QED) is 0.924. The van der Waals surface area contributed by atoms with E-state index in [-0.39, 0.29) is 0 Å². The Morgan fingerprint density at radius 2 is 2.00 bits per heavy atom. The van der Waals surface area contributed by atoms with Crippen molar-refractivity contribution in [3.8, 4) is 16.2 Å². The van der Waals surface area contributed by atoms with E-state index >= 15 is 0 Å². The predicted molar refractivity (Wildman–Crippen MR) is 76.2 cm³/mol. The van der Waals surface area contributed by atoms with E-state index in [4.69, 9.17) is 10.5 Å². The Kier molecular flexibility index (Phi) is 3.68.